The average Bonchev–Trinajstić information content (AvgIpc) is 3.09. The zero-order chi connectivity index (χ0) is 17.8. The third-order valence-electron chi connectivity index (χ3n) is 5.26. The highest BCUT2D eigenvalue weighted by Crippen LogP contribution is 2.18. The van der Waals surface area contributed by atoms with Crippen molar-refractivity contribution in [2.24, 2.45) is 0 Å². The van der Waals surface area contributed by atoms with Crippen molar-refractivity contribution in [1.29, 1.82) is 0 Å². The molecule has 0 bridgehead atoms. The summed E-state index contributed by atoms with van der Waals surface area (Å²) < 4.78 is 1.53. The Labute approximate surface area is 148 Å². The predicted molar refractivity (Wildman–Crippen MR) is 101 cm³/mol. The number of benzene rings is 1. The molecule has 3 rings (SSSR count). The molecule has 1 aliphatic heterocycles. The van der Waals surface area contributed by atoms with Crippen molar-refractivity contribution in [3.05, 3.63) is 46.9 Å². The number of nitrogens with zero attached hydrogens (tertiary/aromatic N) is 3. The molecule has 5 heteroatoms. The zero-order valence-electron chi connectivity index (χ0n) is 15.1. The smallest absolute Gasteiger partial charge is 0.258 e. The lowest BCUT2D eigenvalue weighted by Gasteiger charge is -2.29. The molecule has 1 atom stereocenters. The van der Waals surface area contributed by atoms with Crippen LogP contribution in [0.15, 0.2) is 41.3 Å². The van der Waals surface area contributed by atoms with Gasteiger partial charge in [0.1, 0.15) is 6.54 Å². The van der Waals surface area contributed by atoms with Crippen LogP contribution in [-0.2, 0) is 11.3 Å². The molecule has 1 aliphatic rings. The molecule has 1 amide bonds. The first kappa shape index (κ1) is 17.7. The SMILES string of the molecule is CCN(CC1CCCN1CC)C(=O)Cn1ccc2ccccc2c1=O. The molecule has 1 aromatic carbocycles. The molecular weight excluding hydrogens is 314 g/mol. The van der Waals surface area contributed by atoms with E-state index in [1.165, 1.54) is 11.0 Å². The minimum Gasteiger partial charge on any atom is -0.340 e. The summed E-state index contributed by atoms with van der Waals surface area (Å²) in [6.45, 7) is 7.87. The minimum atomic E-state index is -0.0986. The number of rotatable bonds is 6. The maximum absolute atomic E-state index is 12.8. The van der Waals surface area contributed by atoms with Gasteiger partial charge < -0.3 is 9.47 Å². The van der Waals surface area contributed by atoms with Crippen LogP contribution in [-0.4, -0.2) is 52.5 Å². The summed E-state index contributed by atoms with van der Waals surface area (Å²) in [5.74, 6) is 0.0165. The van der Waals surface area contributed by atoms with E-state index in [1.807, 2.05) is 42.2 Å². The second-order valence-electron chi connectivity index (χ2n) is 6.69. The number of hydrogen-bond donors (Lipinski definition) is 0. The van der Waals surface area contributed by atoms with Crippen LogP contribution in [0.4, 0.5) is 0 Å². The van der Waals surface area contributed by atoms with Gasteiger partial charge in [-0.2, -0.15) is 0 Å². The Morgan fingerprint density at radius 1 is 1.24 bits per heavy atom. The lowest BCUT2D eigenvalue weighted by Crippen LogP contribution is -2.44. The molecule has 1 unspecified atom stereocenters. The van der Waals surface area contributed by atoms with E-state index in [-0.39, 0.29) is 18.0 Å². The number of aromatic nitrogens is 1. The Morgan fingerprint density at radius 2 is 2.04 bits per heavy atom. The Balaban J connectivity index is 1.74. The fourth-order valence-corrected chi connectivity index (χ4v) is 3.78. The summed E-state index contributed by atoms with van der Waals surface area (Å²) in [5, 5.41) is 1.57. The van der Waals surface area contributed by atoms with Gasteiger partial charge >= 0.3 is 0 Å². The number of likely N-dealkylation sites (N-methyl/N-ethyl adjacent to an activating group) is 2. The molecule has 1 fully saturated rings. The van der Waals surface area contributed by atoms with E-state index < -0.39 is 0 Å². The topological polar surface area (TPSA) is 45.5 Å². The molecule has 0 spiro atoms. The van der Waals surface area contributed by atoms with Gasteiger partial charge in [0.25, 0.3) is 5.56 Å². The van der Waals surface area contributed by atoms with Crippen LogP contribution >= 0.6 is 0 Å². The molecular formula is C20H27N3O2. The van der Waals surface area contributed by atoms with Gasteiger partial charge in [0, 0.05) is 30.7 Å². The summed E-state index contributed by atoms with van der Waals surface area (Å²) >= 11 is 0. The zero-order valence-corrected chi connectivity index (χ0v) is 15.1. The summed E-state index contributed by atoms with van der Waals surface area (Å²) in [6, 6.07) is 9.84. The Morgan fingerprint density at radius 3 is 2.80 bits per heavy atom. The number of hydrogen-bond acceptors (Lipinski definition) is 3. The van der Waals surface area contributed by atoms with Gasteiger partial charge in [-0.05, 0) is 50.4 Å². The van der Waals surface area contributed by atoms with Crippen LogP contribution in [0.5, 0.6) is 0 Å². The summed E-state index contributed by atoms with van der Waals surface area (Å²) in [5.41, 5.74) is -0.0986. The maximum Gasteiger partial charge on any atom is 0.258 e. The molecule has 0 N–H and O–H groups in total. The average molecular weight is 341 g/mol. The van der Waals surface area contributed by atoms with Gasteiger partial charge in [-0.1, -0.05) is 25.1 Å². The quantitative estimate of drug-likeness (QED) is 0.810. The summed E-state index contributed by atoms with van der Waals surface area (Å²) in [4.78, 5) is 29.7. The van der Waals surface area contributed by atoms with Crippen molar-refractivity contribution >= 4 is 16.7 Å². The van der Waals surface area contributed by atoms with Crippen LogP contribution in [0.3, 0.4) is 0 Å². The van der Waals surface area contributed by atoms with Gasteiger partial charge in [0.15, 0.2) is 0 Å². The van der Waals surface area contributed by atoms with Gasteiger partial charge in [-0.15, -0.1) is 0 Å². The van der Waals surface area contributed by atoms with Crippen molar-refractivity contribution in [3.8, 4) is 0 Å². The summed E-state index contributed by atoms with van der Waals surface area (Å²) in [6.07, 6.45) is 4.08. The van der Waals surface area contributed by atoms with E-state index >= 15 is 0 Å². The molecule has 1 saturated heterocycles. The third kappa shape index (κ3) is 3.76. The van der Waals surface area contributed by atoms with E-state index in [9.17, 15) is 9.59 Å². The van der Waals surface area contributed by atoms with E-state index in [0.717, 1.165) is 31.4 Å². The maximum atomic E-state index is 12.8. The molecule has 134 valence electrons. The summed E-state index contributed by atoms with van der Waals surface area (Å²) in [7, 11) is 0. The number of carbonyl (C=O) groups is 1. The highest BCUT2D eigenvalue weighted by atomic mass is 16.2. The molecule has 25 heavy (non-hydrogen) atoms. The fraction of sp³-hybridized carbons (Fsp3) is 0.500. The number of likely N-dealkylation sites (tertiary alicyclic amines) is 1. The van der Waals surface area contributed by atoms with E-state index in [1.54, 1.807) is 6.20 Å². The van der Waals surface area contributed by atoms with Gasteiger partial charge in [-0.25, -0.2) is 0 Å². The highest BCUT2D eigenvalue weighted by Gasteiger charge is 2.26. The fourth-order valence-electron chi connectivity index (χ4n) is 3.78. The number of pyridine rings is 1. The van der Waals surface area contributed by atoms with Crippen LogP contribution in [0.2, 0.25) is 0 Å². The second-order valence-corrected chi connectivity index (χ2v) is 6.69. The Hall–Kier alpha value is -2.14. The standard InChI is InChI=1S/C20H27N3O2/c1-3-21-12-7-9-17(21)14-22(4-2)19(24)15-23-13-11-16-8-5-6-10-18(16)20(23)25/h5-6,8,10-11,13,17H,3-4,7,9,12,14-15H2,1-2H3. The molecule has 1 aromatic heterocycles. The minimum absolute atomic E-state index is 0.0165. The Bertz CT molecular complexity index is 799. The molecule has 2 aromatic rings. The van der Waals surface area contributed by atoms with Crippen molar-refractivity contribution in [2.45, 2.75) is 39.3 Å². The third-order valence-corrected chi connectivity index (χ3v) is 5.26. The van der Waals surface area contributed by atoms with E-state index in [0.29, 0.717) is 18.0 Å². The number of carbonyl (C=O) groups excluding carboxylic acids is 1. The van der Waals surface area contributed by atoms with E-state index in [4.69, 9.17) is 0 Å². The van der Waals surface area contributed by atoms with Crippen molar-refractivity contribution in [1.82, 2.24) is 14.4 Å². The van der Waals surface area contributed by atoms with Gasteiger partial charge in [-0.3, -0.25) is 14.5 Å². The van der Waals surface area contributed by atoms with Crippen LogP contribution in [0.1, 0.15) is 26.7 Å². The van der Waals surface area contributed by atoms with Crippen molar-refractivity contribution < 1.29 is 4.79 Å². The largest absolute Gasteiger partial charge is 0.340 e. The lowest BCUT2D eigenvalue weighted by molar-refractivity contribution is -0.132. The predicted octanol–water partition coefficient (Wildman–Crippen LogP) is 2.33. The van der Waals surface area contributed by atoms with Crippen LogP contribution in [0.25, 0.3) is 10.8 Å². The first-order valence-corrected chi connectivity index (χ1v) is 9.24. The molecule has 2 heterocycles. The lowest BCUT2D eigenvalue weighted by atomic mass is 10.2. The highest BCUT2D eigenvalue weighted by molar-refractivity contribution is 5.82. The van der Waals surface area contributed by atoms with Gasteiger partial charge in [0.2, 0.25) is 5.91 Å². The Kier molecular flexibility index (Phi) is 5.53. The molecule has 0 aliphatic carbocycles. The molecule has 0 saturated carbocycles. The normalized spacial score (nSPS) is 17.9. The van der Waals surface area contributed by atoms with Crippen molar-refractivity contribution in [2.75, 3.05) is 26.2 Å². The first-order valence-electron chi connectivity index (χ1n) is 9.24. The monoisotopic (exact) mass is 341 g/mol. The van der Waals surface area contributed by atoms with E-state index in [2.05, 4.69) is 11.8 Å². The first-order chi connectivity index (χ1) is 12.1. The molecule has 5 nitrogen and oxygen atoms in total. The van der Waals surface area contributed by atoms with Crippen LogP contribution < -0.4 is 5.56 Å². The number of fused-ring (bicyclic) bond motifs is 1. The van der Waals surface area contributed by atoms with Crippen molar-refractivity contribution in [3.63, 3.8) is 0 Å². The second kappa shape index (κ2) is 7.83. The molecule has 0 radical (unpaired) electrons. The number of amides is 1. The van der Waals surface area contributed by atoms with Gasteiger partial charge in [0.05, 0.1) is 0 Å². The van der Waals surface area contributed by atoms with Crippen LogP contribution in [0, 0.1) is 0 Å².